The summed E-state index contributed by atoms with van der Waals surface area (Å²) in [5.74, 6) is -0.649. The molecule has 0 fully saturated rings. The number of esters is 1. The summed E-state index contributed by atoms with van der Waals surface area (Å²) in [6.07, 6.45) is 1.54. The van der Waals surface area contributed by atoms with Crippen LogP contribution in [0.5, 0.6) is 0 Å². The van der Waals surface area contributed by atoms with Gasteiger partial charge in [0.2, 0.25) is 0 Å². The Kier molecular flexibility index (Phi) is 7.54. The van der Waals surface area contributed by atoms with Crippen LogP contribution >= 0.6 is 23.2 Å². The highest BCUT2D eigenvalue weighted by atomic mass is 35.5. The molecule has 0 aliphatic rings. The van der Waals surface area contributed by atoms with Crippen molar-refractivity contribution in [3.63, 3.8) is 0 Å². The van der Waals surface area contributed by atoms with E-state index in [4.69, 9.17) is 27.9 Å². The molecule has 0 spiro atoms. The van der Waals surface area contributed by atoms with Crippen molar-refractivity contribution in [2.24, 2.45) is 0 Å². The van der Waals surface area contributed by atoms with E-state index >= 15 is 0 Å². The second-order valence-electron chi connectivity index (χ2n) is 8.00. The number of para-hydroxylation sites is 1. The van der Waals surface area contributed by atoms with Gasteiger partial charge >= 0.3 is 5.97 Å². The first-order chi connectivity index (χ1) is 16.8. The van der Waals surface area contributed by atoms with Crippen molar-refractivity contribution in [2.45, 2.75) is 38.1 Å². The maximum atomic E-state index is 13.7. The van der Waals surface area contributed by atoms with Crippen molar-refractivity contribution in [1.82, 2.24) is 9.55 Å². The number of hydrogen-bond acceptors (Lipinski definition) is 5. The minimum atomic E-state index is -4.23. The van der Waals surface area contributed by atoms with E-state index in [0.29, 0.717) is 12.1 Å². The molecule has 2 aromatic carbocycles. The second kappa shape index (κ2) is 10.4. The number of ether oxygens (including phenoxy) is 1. The lowest BCUT2D eigenvalue weighted by atomic mass is 10.1. The van der Waals surface area contributed by atoms with E-state index in [1.54, 1.807) is 12.1 Å². The Labute approximate surface area is 214 Å². The molecule has 0 atom stereocenters. The van der Waals surface area contributed by atoms with E-state index in [-0.39, 0.29) is 21.8 Å². The van der Waals surface area contributed by atoms with Crippen molar-refractivity contribution in [3.8, 4) is 0 Å². The van der Waals surface area contributed by atoms with E-state index in [0.717, 1.165) is 39.1 Å². The third-order valence-electron chi connectivity index (χ3n) is 5.72. The Morgan fingerprint density at radius 1 is 1.00 bits per heavy atom. The Hall–Kier alpha value is -2.81. The molecular formula is C25H25Cl2N3O4S. The fraction of sp³-hybridized carbons (Fsp3) is 0.280. The Morgan fingerprint density at radius 2 is 1.69 bits per heavy atom. The third-order valence-corrected chi connectivity index (χ3v) is 7.86. The molecule has 0 unspecified atom stereocenters. The monoisotopic (exact) mass is 533 g/mol. The SMILES string of the molecule is CCCCOC(=O)CN(c1ccc2c(c1)c1ccccc1n2CC)S(=O)(=O)c1cc(Cl)nc(Cl)c1. The van der Waals surface area contributed by atoms with Crippen LogP contribution < -0.4 is 4.31 Å². The van der Waals surface area contributed by atoms with Crippen LogP contribution in [0.3, 0.4) is 0 Å². The molecular weight excluding hydrogens is 509 g/mol. The first kappa shape index (κ1) is 25.3. The van der Waals surface area contributed by atoms with Gasteiger partial charge < -0.3 is 9.30 Å². The van der Waals surface area contributed by atoms with Gasteiger partial charge in [0.05, 0.1) is 17.2 Å². The number of halogens is 2. The Balaban J connectivity index is 1.86. The highest BCUT2D eigenvalue weighted by Gasteiger charge is 2.29. The average molecular weight is 534 g/mol. The predicted octanol–water partition coefficient (Wildman–Crippen LogP) is 6.05. The minimum absolute atomic E-state index is 0.0667. The second-order valence-corrected chi connectivity index (χ2v) is 10.6. The number of nitrogens with zero attached hydrogens (tertiary/aromatic N) is 3. The van der Waals surface area contributed by atoms with Gasteiger partial charge in [-0.3, -0.25) is 9.10 Å². The van der Waals surface area contributed by atoms with Gasteiger partial charge in [-0.2, -0.15) is 0 Å². The predicted molar refractivity (Wildman–Crippen MR) is 140 cm³/mol. The minimum Gasteiger partial charge on any atom is -0.464 e. The fourth-order valence-corrected chi connectivity index (χ4v) is 6.10. The standard InChI is InChI=1S/C25H25Cl2N3O4S/c1-3-5-12-34-25(31)16-30(35(32,33)18-14-23(26)28-24(27)15-18)17-10-11-22-20(13-17)19-8-6-7-9-21(19)29(22)4-2/h6-11,13-15H,3-5,12,16H2,1-2H3. The summed E-state index contributed by atoms with van der Waals surface area (Å²) in [6, 6.07) is 15.7. The van der Waals surface area contributed by atoms with Crippen molar-refractivity contribution in [2.75, 3.05) is 17.5 Å². The van der Waals surface area contributed by atoms with Crippen LogP contribution in [0.4, 0.5) is 5.69 Å². The maximum Gasteiger partial charge on any atom is 0.326 e. The summed E-state index contributed by atoms with van der Waals surface area (Å²) in [4.78, 5) is 16.3. The van der Waals surface area contributed by atoms with E-state index < -0.39 is 22.5 Å². The number of pyridine rings is 1. The summed E-state index contributed by atoms with van der Waals surface area (Å²) in [5.41, 5.74) is 2.34. The van der Waals surface area contributed by atoms with Gasteiger partial charge in [-0.25, -0.2) is 13.4 Å². The Morgan fingerprint density at radius 3 is 2.37 bits per heavy atom. The molecule has 0 bridgehead atoms. The molecule has 2 heterocycles. The number of rotatable bonds is 9. The number of aromatic nitrogens is 2. The average Bonchev–Trinajstić information content (AvgIpc) is 3.15. The number of anilines is 1. The number of sulfonamides is 1. The number of unbranched alkanes of at least 4 members (excludes halogenated alkanes) is 1. The largest absolute Gasteiger partial charge is 0.464 e. The number of benzene rings is 2. The van der Waals surface area contributed by atoms with Gasteiger partial charge in [0.1, 0.15) is 16.9 Å². The third kappa shape index (κ3) is 5.10. The summed E-state index contributed by atoms with van der Waals surface area (Å²) in [6.45, 7) is 4.51. The normalized spacial score (nSPS) is 11.8. The van der Waals surface area contributed by atoms with Crippen molar-refractivity contribution < 1.29 is 17.9 Å². The molecule has 0 aliphatic heterocycles. The summed E-state index contributed by atoms with van der Waals surface area (Å²) < 4.78 is 35.9. The molecule has 0 amide bonds. The number of carbonyl (C=O) groups is 1. The van der Waals surface area contributed by atoms with E-state index in [1.807, 2.05) is 37.3 Å². The zero-order chi connectivity index (χ0) is 25.2. The lowest BCUT2D eigenvalue weighted by Gasteiger charge is -2.24. The summed E-state index contributed by atoms with van der Waals surface area (Å²) in [5, 5.41) is 1.74. The van der Waals surface area contributed by atoms with Crippen LogP contribution in [0.25, 0.3) is 21.8 Å². The van der Waals surface area contributed by atoms with E-state index in [2.05, 4.69) is 16.5 Å². The fourth-order valence-electron chi connectivity index (χ4n) is 4.06. The molecule has 0 N–H and O–H groups in total. The molecule has 0 aliphatic carbocycles. The molecule has 4 rings (SSSR count). The maximum absolute atomic E-state index is 13.7. The summed E-state index contributed by atoms with van der Waals surface area (Å²) >= 11 is 12.0. The molecule has 7 nitrogen and oxygen atoms in total. The van der Waals surface area contributed by atoms with E-state index in [9.17, 15) is 13.2 Å². The number of hydrogen-bond donors (Lipinski definition) is 0. The molecule has 4 aromatic rings. The molecule has 10 heteroatoms. The van der Waals surface area contributed by atoms with Gasteiger partial charge in [-0.1, -0.05) is 54.7 Å². The van der Waals surface area contributed by atoms with E-state index in [1.165, 1.54) is 12.1 Å². The highest BCUT2D eigenvalue weighted by Crippen LogP contribution is 2.34. The molecule has 35 heavy (non-hydrogen) atoms. The first-order valence-electron chi connectivity index (χ1n) is 11.3. The van der Waals surface area contributed by atoms with Gasteiger partial charge in [0.25, 0.3) is 10.0 Å². The quantitative estimate of drug-likeness (QED) is 0.148. The van der Waals surface area contributed by atoms with Crippen LogP contribution in [-0.4, -0.2) is 37.1 Å². The van der Waals surface area contributed by atoms with Crippen LogP contribution in [0.2, 0.25) is 10.3 Å². The van der Waals surface area contributed by atoms with Gasteiger partial charge in [-0.05, 0) is 49.7 Å². The number of fused-ring (bicyclic) bond motifs is 3. The number of aryl methyl sites for hydroxylation is 1. The van der Waals surface area contributed by atoms with Crippen molar-refractivity contribution >= 4 is 66.7 Å². The van der Waals surface area contributed by atoms with Crippen LogP contribution in [0, 0.1) is 0 Å². The molecule has 2 aromatic heterocycles. The van der Waals surface area contributed by atoms with Crippen LogP contribution in [0.1, 0.15) is 26.7 Å². The molecule has 0 saturated carbocycles. The van der Waals surface area contributed by atoms with Gasteiger partial charge in [0, 0.05) is 28.4 Å². The number of carbonyl (C=O) groups excluding carboxylic acids is 1. The lowest BCUT2D eigenvalue weighted by Crippen LogP contribution is -2.36. The van der Waals surface area contributed by atoms with Crippen LogP contribution in [-0.2, 0) is 26.1 Å². The van der Waals surface area contributed by atoms with Crippen molar-refractivity contribution in [1.29, 1.82) is 0 Å². The zero-order valence-electron chi connectivity index (χ0n) is 19.4. The van der Waals surface area contributed by atoms with Crippen molar-refractivity contribution in [3.05, 3.63) is 64.9 Å². The lowest BCUT2D eigenvalue weighted by molar-refractivity contribution is -0.141. The topological polar surface area (TPSA) is 81.5 Å². The Bertz CT molecular complexity index is 1480. The highest BCUT2D eigenvalue weighted by molar-refractivity contribution is 7.92. The smallest absolute Gasteiger partial charge is 0.326 e. The van der Waals surface area contributed by atoms with Gasteiger partial charge in [-0.15, -0.1) is 0 Å². The summed E-state index contributed by atoms with van der Waals surface area (Å²) in [7, 11) is -4.23. The molecule has 184 valence electrons. The first-order valence-corrected chi connectivity index (χ1v) is 13.5. The zero-order valence-corrected chi connectivity index (χ0v) is 21.7. The van der Waals surface area contributed by atoms with Crippen LogP contribution in [0.15, 0.2) is 59.5 Å². The molecule has 0 saturated heterocycles. The molecule has 0 radical (unpaired) electrons. The van der Waals surface area contributed by atoms with Gasteiger partial charge in [0.15, 0.2) is 0 Å².